The highest BCUT2D eigenvalue weighted by molar-refractivity contribution is 9.10. The lowest BCUT2D eigenvalue weighted by molar-refractivity contribution is -0.119. The van der Waals surface area contributed by atoms with Crippen molar-refractivity contribution in [1.82, 2.24) is 10.3 Å². The summed E-state index contributed by atoms with van der Waals surface area (Å²) in [5.41, 5.74) is 0. The number of anilines is 1. The third kappa shape index (κ3) is 3.96. The van der Waals surface area contributed by atoms with Gasteiger partial charge in [-0.2, -0.15) is 0 Å². The number of aromatic nitrogens is 1. The lowest BCUT2D eigenvalue weighted by Crippen LogP contribution is -2.37. The highest BCUT2D eigenvalue weighted by atomic mass is 79.9. The van der Waals surface area contributed by atoms with E-state index in [9.17, 15) is 9.18 Å². The Kier molecular flexibility index (Phi) is 5.34. The van der Waals surface area contributed by atoms with Crippen molar-refractivity contribution in [3.8, 4) is 0 Å². The normalized spacial score (nSPS) is 10.1. The average Bonchev–Trinajstić information content (AvgIpc) is 2.27. The van der Waals surface area contributed by atoms with Crippen molar-refractivity contribution in [2.45, 2.75) is 13.8 Å². The van der Waals surface area contributed by atoms with Crippen molar-refractivity contribution in [1.29, 1.82) is 0 Å². The summed E-state index contributed by atoms with van der Waals surface area (Å²) in [6, 6.07) is 1.34. The van der Waals surface area contributed by atoms with Gasteiger partial charge < -0.3 is 10.2 Å². The Morgan fingerprint density at radius 1 is 1.59 bits per heavy atom. The molecule has 0 spiro atoms. The van der Waals surface area contributed by atoms with Gasteiger partial charge in [0.2, 0.25) is 5.91 Å². The van der Waals surface area contributed by atoms with Gasteiger partial charge in [0.25, 0.3) is 0 Å². The third-order valence-electron chi connectivity index (χ3n) is 2.18. The van der Waals surface area contributed by atoms with E-state index in [2.05, 4.69) is 26.2 Å². The number of hydrogen-bond acceptors (Lipinski definition) is 3. The van der Waals surface area contributed by atoms with Crippen LogP contribution in [-0.2, 0) is 4.79 Å². The number of likely N-dealkylation sites (N-methyl/N-ethyl adjacent to an activating group) is 2. The quantitative estimate of drug-likeness (QED) is 0.904. The minimum Gasteiger partial charge on any atom is -0.355 e. The van der Waals surface area contributed by atoms with Crippen LogP contribution in [-0.4, -0.2) is 30.5 Å². The maximum atomic E-state index is 13.7. The van der Waals surface area contributed by atoms with Crippen LogP contribution in [0.15, 0.2) is 16.7 Å². The Morgan fingerprint density at radius 3 is 2.82 bits per heavy atom. The Balaban J connectivity index is 2.82. The summed E-state index contributed by atoms with van der Waals surface area (Å²) < 4.78 is 14.2. The lowest BCUT2D eigenvalue weighted by atomic mass is 10.3. The predicted molar refractivity (Wildman–Crippen MR) is 68.5 cm³/mol. The summed E-state index contributed by atoms with van der Waals surface area (Å²) in [4.78, 5) is 17.0. The van der Waals surface area contributed by atoms with Crippen LogP contribution in [0.3, 0.4) is 0 Å². The molecule has 0 atom stereocenters. The van der Waals surface area contributed by atoms with E-state index < -0.39 is 5.82 Å². The van der Waals surface area contributed by atoms with E-state index in [0.717, 1.165) is 0 Å². The molecule has 0 unspecified atom stereocenters. The van der Waals surface area contributed by atoms with Gasteiger partial charge in [0.15, 0.2) is 11.6 Å². The van der Waals surface area contributed by atoms with Gasteiger partial charge in [-0.1, -0.05) is 0 Å². The molecule has 0 saturated heterocycles. The zero-order valence-electron chi connectivity index (χ0n) is 9.83. The predicted octanol–water partition coefficient (Wildman–Crippen LogP) is 1.95. The van der Waals surface area contributed by atoms with Gasteiger partial charge in [-0.3, -0.25) is 4.79 Å². The van der Waals surface area contributed by atoms with Crippen molar-refractivity contribution >= 4 is 27.7 Å². The lowest BCUT2D eigenvalue weighted by Gasteiger charge is -2.21. The summed E-state index contributed by atoms with van der Waals surface area (Å²) in [7, 11) is 0. The molecule has 0 bridgehead atoms. The number of hydrogen-bond donors (Lipinski definition) is 1. The van der Waals surface area contributed by atoms with Crippen molar-refractivity contribution in [2.75, 3.05) is 24.5 Å². The fourth-order valence-corrected chi connectivity index (χ4v) is 1.71. The zero-order valence-corrected chi connectivity index (χ0v) is 11.4. The molecule has 94 valence electrons. The number of nitrogens with one attached hydrogen (secondary N) is 1. The Labute approximate surface area is 108 Å². The molecule has 0 saturated carbocycles. The number of nitrogens with zero attached hydrogens (tertiary/aromatic N) is 2. The highest BCUT2D eigenvalue weighted by Crippen LogP contribution is 2.19. The molecule has 1 aromatic heterocycles. The van der Waals surface area contributed by atoms with Crippen molar-refractivity contribution < 1.29 is 9.18 Å². The molecule has 0 radical (unpaired) electrons. The maximum absolute atomic E-state index is 13.7. The van der Waals surface area contributed by atoms with Gasteiger partial charge in [-0.25, -0.2) is 9.37 Å². The first-order valence-electron chi connectivity index (χ1n) is 5.41. The fraction of sp³-hybridized carbons (Fsp3) is 0.455. The number of pyridine rings is 1. The van der Waals surface area contributed by atoms with Crippen LogP contribution >= 0.6 is 15.9 Å². The molecule has 1 rings (SSSR count). The zero-order chi connectivity index (χ0) is 12.8. The maximum Gasteiger partial charge on any atom is 0.239 e. The molecule has 0 aliphatic rings. The molecule has 1 amide bonds. The first-order chi connectivity index (χ1) is 8.08. The molecule has 1 heterocycles. The first kappa shape index (κ1) is 13.9. The first-order valence-corrected chi connectivity index (χ1v) is 6.20. The van der Waals surface area contributed by atoms with Crippen LogP contribution in [0.1, 0.15) is 13.8 Å². The summed E-state index contributed by atoms with van der Waals surface area (Å²) in [5, 5.41) is 2.67. The van der Waals surface area contributed by atoms with Gasteiger partial charge >= 0.3 is 0 Å². The Morgan fingerprint density at radius 2 is 2.29 bits per heavy atom. The molecule has 17 heavy (non-hydrogen) atoms. The minimum atomic E-state index is -0.439. The van der Waals surface area contributed by atoms with Gasteiger partial charge in [-0.15, -0.1) is 0 Å². The standard InChI is InChI=1S/C11H15BrFN3O/c1-3-14-10(17)7-16(4-2)11-9(13)5-8(12)6-15-11/h5-6H,3-4,7H2,1-2H3,(H,14,17). The molecule has 6 heteroatoms. The van der Waals surface area contributed by atoms with Crippen LogP contribution in [0.2, 0.25) is 0 Å². The summed E-state index contributed by atoms with van der Waals surface area (Å²) in [6.07, 6.45) is 1.51. The van der Waals surface area contributed by atoms with E-state index in [1.165, 1.54) is 12.3 Å². The molecule has 0 fully saturated rings. The minimum absolute atomic E-state index is 0.107. The van der Waals surface area contributed by atoms with Crippen molar-refractivity contribution in [2.24, 2.45) is 0 Å². The van der Waals surface area contributed by atoms with Gasteiger partial charge in [0, 0.05) is 23.8 Å². The van der Waals surface area contributed by atoms with E-state index >= 15 is 0 Å². The smallest absolute Gasteiger partial charge is 0.239 e. The molecule has 0 aromatic carbocycles. The van der Waals surface area contributed by atoms with Crippen LogP contribution in [0.25, 0.3) is 0 Å². The Bertz CT molecular complexity index is 400. The summed E-state index contributed by atoms with van der Waals surface area (Å²) in [5.74, 6) is -0.383. The van der Waals surface area contributed by atoms with E-state index in [1.54, 1.807) is 4.90 Å². The molecular formula is C11H15BrFN3O. The number of carbonyl (C=O) groups excluding carboxylic acids is 1. The van der Waals surface area contributed by atoms with Crippen LogP contribution in [0.5, 0.6) is 0 Å². The molecular weight excluding hydrogens is 289 g/mol. The second-order valence-corrected chi connectivity index (χ2v) is 4.34. The molecule has 1 aromatic rings. The molecule has 1 N–H and O–H groups in total. The molecule has 0 aliphatic carbocycles. The van der Waals surface area contributed by atoms with Gasteiger partial charge in [-0.05, 0) is 35.8 Å². The monoisotopic (exact) mass is 303 g/mol. The number of halogens is 2. The highest BCUT2D eigenvalue weighted by Gasteiger charge is 2.14. The van der Waals surface area contributed by atoms with E-state index in [0.29, 0.717) is 17.6 Å². The third-order valence-corrected chi connectivity index (χ3v) is 2.61. The second kappa shape index (κ2) is 6.54. The second-order valence-electron chi connectivity index (χ2n) is 3.43. The van der Waals surface area contributed by atoms with E-state index in [1.807, 2.05) is 13.8 Å². The van der Waals surface area contributed by atoms with Crippen LogP contribution in [0, 0.1) is 5.82 Å². The van der Waals surface area contributed by atoms with E-state index in [4.69, 9.17) is 0 Å². The van der Waals surface area contributed by atoms with Crippen LogP contribution in [0.4, 0.5) is 10.2 Å². The Hall–Kier alpha value is -1.17. The van der Waals surface area contributed by atoms with Crippen molar-refractivity contribution in [3.63, 3.8) is 0 Å². The molecule has 0 aliphatic heterocycles. The summed E-state index contributed by atoms with van der Waals surface area (Å²) in [6.45, 7) is 4.88. The van der Waals surface area contributed by atoms with Crippen LogP contribution < -0.4 is 10.2 Å². The van der Waals surface area contributed by atoms with E-state index in [-0.39, 0.29) is 18.3 Å². The number of carbonyl (C=O) groups is 1. The van der Waals surface area contributed by atoms with Gasteiger partial charge in [0.1, 0.15) is 0 Å². The largest absolute Gasteiger partial charge is 0.355 e. The fourth-order valence-electron chi connectivity index (χ4n) is 1.40. The number of rotatable bonds is 5. The topological polar surface area (TPSA) is 45.2 Å². The molecule has 4 nitrogen and oxygen atoms in total. The number of amides is 1. The SMILES string of the molecule is CCNC(=O)CN(CC)c1ncc(Br)cc1F. The average molecular weight is 304 g/mol. The van der Waals surface area contributed by atoms with Gasteiger partial charge in [0.05, 0.1) is 6.54 Å². The summed E-state index contributed by atoms with van der Waals surface area (Å²) >= 11 is 3.14. The van der Waals surface area contributed by atoms with Crippen molar-refractivity contribution in [3.05, 3.63) is 22.6 Å².